The number of benzene rings is 1. The summed E-state index contributed by atoms with van der Waals surface area (Å²) in [5.74, 6) is 5.43. The molecule has 1 aliphatic heterocycles. The van der Waals surface area contributed by atoms with Gasteiger partial charge in [-0.15, -0.1) is 0 Å². The first-order valence-electron chi connectivity index (χ1n) is 8.15. The number of aromatic amines is 1. The number of nitrogens with zero attached hydrogens (tertiary/aromatic N) is 1. The molecule has 0 bridgehead atoms. The van der Waals surface area contributed by atoms with E-state index in [1.54, 1.807) is 19.2 Å². The molecule has 9 heteroatoms. The van der Waals surface area contributed by atoms with Gasteiger partial charge >= 0.3 is 0 Å². The zero-order valence-electron chi connectivity index (χ0n) is 14.6. The van der Waals surface area contributed by atoms with Crippen LogP contribution in [-0.2, 0) is 4.74 Å². The number of nitrogens with two attached hydrogens (primary N) is 3. The van der Waals surface area contributed by atoms with Crippen LogP contribution in [0.3, 0.4) is 0 Å². The van der Waals surface area contributed by atoms with Crippen molar-refractivity contribution in [1.29, 1.82) is 0 Å². The van der Waals surface area contributed by atoms with E-state index in [0.29, 0.717) is 53.1 Å². The molecule has 0 atom stereocenters. The Morgan fingerprint density at radius 2 is 2.15 bits per heavy atom. The van der Waals surface area contributed by atoms with E-state index in [2.05, 4.69) is 27.4 Å². The fraction of sp³-hybridized carbons (Fsp3) is 0.222. The Morgan fingerprint density at radius 3 is 2.81 bits per heavy atom. The minimum Gasteiger partial charge on any atom is -0.400 e. The third kappa shape index (κ3) is 3.69. The zero-order valence-corrected chi connectivity index (χ0v) is 15.4. The monoisotopic (exact) mass is 386 g/mol. The second-order valence-corrected chi connectivity index (χ2v) is 6.32. The largest absolute Gasteiger partial charge is 0.400 e. The number of H-pyrrole nitrogens is 1. The van der Waals surface area contributed by atoms with Crippen LogP contribution >= 0.6 is 11.6 Å². The lowest BCUT2D eigenvalue weighted by Crippen LogP contribution is -2.17. The van der Waals surface area contributed by atoms with Gasteiger partial charge in [-0.2, -0.15) is 5.10 Å². The molecule has 27 heavy (non-hydrogen) atoms. The minimum atomic E-state index is -0.639. The quantitative estimate of drug-likeness (QED) is 0.396. The molecule has 8 nitrogen and oxygen atoms in total. The van der Waals surface area contributed by atoms with Gasteiger partial charge in [0.25, 0.3) is 5.91 Å². The molecule has 0 saturated carbocycles. The first-order valence-corrected chi connectivity index (χ1v) is 8.52. The first kappa shape index (κ1) is 18.6. The van der Waals surface area contributed by atoms with Gasteiger partial charge in [0.15, 0.2) is 5.82 Å². The van der Waals surface area contributed by atoms with Gasteiger partial charge in [-0.25, -0.2) is 0 Å². The molecule has 0 aliphatic carbocycles. The lowest BCUT2D eigenvalue weighted by Gasteiger charge is -2.20. The van der Waals surface area contributed by atoms with Crippen molar-refractivity contribution < 1.29 is 9.53 Å². The molecule has 0 unspecified atom stereocenters. The maximum Gasteiger partial charge on any atom is 0.255 e. The van der Waals surface area contributed by atoms with E-state index in [9.17, 15) is 4.79 Å². The average Bonchev–Trinajstić information content (AvgIpc) is 3.06. The third-order valence-corrected chi connectivity index (χ3v) is 4.49. The van der Waals surface area contributed by atoms with E-state index >= 15 is 0 Å². The summed E-state index contributed by atoms with van der Waals surface area (Å²) in [5, 5.41) is 9.85. The van der Waals surface area contributed by atoms with Crippen molar-refractivity contribution in [2.75, 3.05) is 31.3 Å². The number of nitrogen functional groups attached to an aromatic ring is 1. The van der Waals surface area contributed by atoms with Gasteiger partial charge in [0, 0.05) is 29.6 Å². The predicted octanol–water partition coefficient (Wildman–Crippen LogP) is 1.28. The maximum atomic E-state index is 11.6. The van der Waals surface area contributed by atoms with Gasteiger partial charge in [-0.3, -0.25) is 9.89 Å². The topological polar surface area (TPSA) is 145 Å². The van der Waals surface area contributed by atoms with Crippen molar-refractivity contribution in [2.24, 2.45) is 11.5 Å². The summed E-state index contributed by atoms with van der Waals surface area (Å²) in [4.78, 5) is 11.6. The molecule has 0 radical (unpaired) electrons. The van der Waals surface area contributed by atoms with Gasteiger partial charge in [0.1, 0.15) is 11.3 Å². The van der Waals surface area contributed by atoms with Crippen LogP contribution < -0.4 is 22.5 Å². The molecule has 0 saturated heterocycles. The van der Waals surface area contributed by atoms with Crippen LogP contribution in [0, 0.1) is 11.8 Å². The highest BCUT2D eigenvalue weighted by atomic mass is 35.5. The van der Waals surface area contributed by atoms with E-state index in [0.717, 1.165) is 11.1 Å². The molecular weight excluding hydrogens is 368 g/mol. The summed E-state index contributed by atoms with van der Waals surface area (Å²) >= 11 is 6.39. The van der Waals surface area contributed by atoms with Crippen LogP contribution in [0.25, 0.3) is 5.57 Å². The van der Waals surface area contributed by atoms with E-state index in [-0.39, 0.29) is 5.56 Å². The maximum absolute atomic E-state index is 11.6. The Balaban J connectivity index is 1.99. The minimum absolute atomic E-state index is 0.186. The van der Waals surface area contributed by atoms with Crippen molar-refractivity contribution in [1.82, 2.24) is 10.2 Å². The van der Waals surface area contributed by atoms with Crippen LogP contribution in [0.15, 0.2) is 17.8 Å². The number of carbonyl (C=O) groups excluding carboxylic acids is 1. The lowest BCUT2D eigenvalue weighted by atomic mass is 9.96. The summed E-state index contributed by atoms with van der Waals surface area (Å²) in [5.41, 5.74) is 21.5. The molecule has 1 aromatic carbocycles. The Kier molecular flexibility index (Phi) is 5.26. The van der Waals surface area contributed by atoms with Crippen LogP contribution in [0.4, 0.5) is 11.5 Å². The lowest BCUT2D eigenvalue weighted by molar-refractivity contribution is 0.100. The molecule has 140 valence electrons. The normalized spacial score (nSPS) is 13.9. The highest BCUT2D eigenvalue weighted by Gasteiger charge is 2.18. The van der Waals surface area contributed by atoms with E-state index in [4.69, 9.17) is 33.5 Å². The summed E-state index contributed by atoms with van der Waals surface area (Å²) < 4.78 is 5.33. The molecule has 3 rings (SSSR count). The molecule has 1 aromatic heterocycles. The van der Waals surface area contributed by atoms with Crippen LogP contribution in [0.2, 0.25) is 5.02 Å². The second kappa shape index (κ2) is 7.61. The average molecular weight is 387 g/mol. The zero-order chi connectivity index (χ0) is 19.6. The summed E-state index contributed by atoms with van der Waals surface area (Å²) in [6.45, 7) is 0.954. The van der Waals surface area contributed by atoms with E-state index in [1.165, 1.54) is 0 Å². The Morgan fingerprint density at radius 1 is 1.37 bits per heavy atom. The third-order valence-electron chi connectivity index (χ3n) is 4.18. The Bertz CT molecular complexity index is 999. The molecular formula is C18H19ClN6O2. The fourth-order valence-electron chi connectivity index (χ4n) is 2.84. The fourth-order valence-corrected chi connectivity index (χ4v) is 3.05. The molecule has 8 N–H and O–H groups in total. The number of halogens is 1. The standard InChI is InChI=1S/C18H19ClN6O2/c1-23-18-16(17(22)26)15(24-25-18)3-2-9-6-13(20)11(7-12(9)19)10-4-5-27-8-14(10)21/h6-7H,4-5,8,20-21H2,1H3,(H2,22,26)(H2,23,24,25). The Labute approximate surface area is 161 Å². The molecule has 1 aliphatic rings. The predicted molar refractivity (Wildman–Crippen MR) is 105 cm³/mol. The molecule has 1 amide bonds. The molecule has 2 aromatic rings. The molecule has 0 spiro atoms. The number of rotatable bonds is 3. The van der Waals surface area contributed by atoms with Crippen LogP contribution in [-0.4, -0.2) is 36.4 Å². The number of amides is 1. The van der Waals surface area contributed by atoms with Gasteiger partial charge in [0.05, 0.1) is 18.2 Å². The van der Waals surface area contributed by atoms with Crippen molar-refractivity contribution in [3.05, 3.63) is 45.2 Å². The van der Waals surface area contributed by atoms with E-state index < -0.39 is 5.91 Å². The van der Waals surface area contributed by atoms with Crippen molar-refractivity contribution >= 4 is 34.6 Å². The first-order chi connectivity index (χ1) is 12.9. The Hall–Kier alpha value is -3.15. The summed E-state index contributed by atoms with van der Waals surface area (Å²) in [7, 11) is 1.63. The second-order valence-electron chi connectivity index (χ2n) is 5.91. The summed E-state index contributed by atoms with van der Waals surface area (Å²) in [6.07, 6.45) is 0.667. The number of nitrogens with one attached hydrogen (secondary N) is 2. The number of aromatic nitrogens is 2. The van der Waals surface area contributed by atoms with Crippen LogP contribution in [0.5, 0.6) is 0 Å². The smallest absolute Gasteiger partial charge is 0.255 e. The van der Waals surface area contributed by atoms with Gasteiger partial charge < -0.3 is 27.3 Å². The van der Waals surface area contributed by atoms with Crippen LogP contribution in [0.1, 0.15) is 33.6 Å². The number of hydrogen-bond acceptors (Lipinski definition) is 6. The van der Waals surface area contributed by atoms with Crippen molar-refractivity contribution in [3.63, 3.8) is 0 Å². The van der Waals surface area contributed by atoms with E-state index in [1.807, 2.05) is 0 Å². The number of primary amides is 1. The van der Waals surface area contributed by atoms with Crippen molar-refractivity contribution in [3.8, 4) is 11.8 Å². The highest BCUT2D eigenvalue weighted by molar-refractivity contribution is 6.32. The van der Waals surface area contributed by atoms with Crippen molar-refractivity contribution in [2.45, 2.75) is 6.42 Å². The van der Waals surface area contributed by atoms with Gasteiger partial charge in [-0.1, -0.05) is 17.5 Å². The molecule has 0 fully saturated rings. The van der Waals surface area contributed by atoms with Gasteiger partial charge in [0.2, 0.25) is 0 Å². The highest BCUT2D eigenvalue weighted by Crippen LogP contribution is 2.32. The number of hydrogen-bond donors (Lipinski definition) is 5. The SMILES string of the molecule is CNc1n[nH]c(C#Cc2cc(N)c(C3=C(N)COCC3)cc2Cl)c1C(N)=O. The number of carbonyl (C=O) groups is 1. The molecule has 2 heterocycles. The number of anilines is 2. The summed E-state index contributed by atoms with van der Waals surface area (Å²) in [6, 6.07) is 3.43. The number of ether oxygens (including phenoxy) is 1. The van der Waals surface area contributed by atoms with Gasteiger partial charge in [-0.05, 0) is 30.0 Å².